The number of pyridine rings is 2. The number of carboxylic acids is 1. The predicted molar refractivity (Wildman–Crippen MR) is 103 cm³/mol. The van der Waals surface area contributed by atoms with E-state index in [0.717, 1.165) is 44.1 Å². The molecule has 0 aromatic carbocycles. The third kappa shape index (κ3) is 2.86. The number of carbonyl (C=O) groups is 1. The Hall–Kier alpha value is -3.30. The van der Waals surface area contributed by atoms with Gasteiger partial charge in [0.25, 0.3) is 0 Å². The van der Waals surface area contributed by atoms with Crippen molar-refractivity contribution < 1.29 is 23.2 Å². The van der Waals surface area contributed by atoms with Crippen LogP contribution in [-0.2, 0) is 4.79 Å². The van der Waals surface area contributed by atoms with E-state index in [2.05, 4.69) is 20.4 Å². The molecule has 4 N–H and O–H groups in total. The average Bonchev–Trinajstić information content (AvgIpc) is 3.16. The van der Waals surface area contributed by atoms with E-state index < -0.39 is 29.6 Å². The Morgan fingerprint density at radius 1 is 1.17 bits per heavy atom. The molecule has 156 valence electrons. The number of hydrogen-bond donors (Lipinski definition) is 3. The number of nitrogen functional groups attached to an aromatic ring is 1. The molecule has 0 radical (unpaired) electrons. The van der Waals surface area contributed by atoms with Crippen LogP contribution in [0.5, 0.6) is 0 Å². The highest BCUT2D eigenvalue weighted by Gasteiger charge is 2.47. The molecule has 3 aromatic heterocycles. The molecule has 3 fully saturated rings. The first kappa shape index (κ1) is 18.7. The number of carboxylic acid groups (broad SMARTS) is 1. The van der Waals surface area contributed by atoms with Crippen LogP contribution in [0.1, 0.15) is 25.7 Å². The lowest BCUT2D eigenvalue weighted by atomic mass is 9.61. The topological polar surface area (TPSA) is 127 Å². The van der Waals surface area contributed by atoms with Gasteiger partial charge in [0.05, 0.1) is 23.9 Å². The van der Waals surface area contributed by atoms with Gasteiger partial charge in [-0.15, -0.1) is 0 Å². The Kier molecular flexibility index (Phi) is 4.30. The number of nitrogens with two attached hydrogens (primary N) is 1. The summed E-state index contributed by atoms with van der Waals surface area (Å²) in [6.45, 7) is 0. The fourth-order valence-electron chi connectivity index (χ4n) is 4.99. The van der Waals surface area contributed by atoms with Gasteiger partial charge in [0, 0.05) is 6.04 Å². The number of fused-ring (bicyclic) bond motifs is 4. The maximum atomic E-state index is 14.7. The Labute approximate surface area is 169 Å². The summed E-state index contributed by atoms with van der Waals surface area (Å²) in [6.07, 6.45) is 5.51. The molecule has 3 aliphatic carbocycles. The smallest absolute Gasteiger partial charge is 0.308 e. The first-order chi connectivity index (χ1) is 14.4. The van der Waals surface area contributed by atoms with Gasteiger partial charge in [-0.1, -0.05) is 5.16 Å². The van der Waals surface area contributed by atoms with Crippen molar-refractivity contribution in [3.63, 3.8) is 0 Å². The van der Waals surface area contributed by atoms with E-state index in [-0.39, 0.29) is 45.7 Å². The van der Waals surface area contributed by atoms with Gasteiger partial charge in [0.15, 0.2) is 5.82 Å². The Bertz CT molecular complexity index is 1140. The molecule has 0 saturated heterocycles. The SMILES string of the molecule is Nc1ncc(F)cc1-c1noc2c(N[C@H]3[C@H]4CC[C@H](CC4)[C@@H]3C(=O)O)c(F)cnc12. The summed E-state index contributed by atoms with van der Waals surface area (Å²) in [5, 5.41) is 16.8. The highest BCUT2D eigenvalue weighted by atomic mass is 19.1. The van der Waals surface area contributed by atoms with E-state index in [1.165, 1.54) is 0 Å². The van der Waals surface area contributed by atoms with Gasteiger partial charge in [-0.25, -0.2) is 18.7 Å². The van der Waals surface area contributed by atoms with Crippen LogP contribution in [0.15, 0.2) is 23.0 Å². The minimum Gasteiger partial charge on any atom is -0.481 e. The summed E-state index contributed by atoms with van der Waals surface area (Å²) in [4.78, 5) is 19.7. The Balaban J connectivity index is 1.59. The number of nitrogens with one attached hydrogen (secondary N) is 1. The Morgan fingerprint density at radius 2 is 1.90 bits per heavy atom. The molecule has 10 heteroatoms. The van der Waals surface area contributed by atoms with E-state index in [9.17, 15) is 18.7 Å². The van der Waals surface area contributed by atoms with Gasteiger partial charge >= 0.3 is 5.97 Å². The molecular weight excluding hydrogens is 396 g/mol. The lowest BCUT2D eigenvalue weighted by Gasteiger charge is -2.47. The van der Waals surface area contributed by atoms with Crippen LogP contribution < -0.4 is 11.1 Å². The third-order valence-electron chi connectivity index (χ3n) is 6.40. The molecule has 6 rings (SSSR count). The van der Waals surface area contributed by atoms with Crippen molar-refractivity contribution in [2.45, 2.75) is 31.7 Å². The van der Waals surface area contributed by atoms with Crippen molar-refractivity contribution in [1.29, 1.82) is 0 Å². The standard InChI is InChI=1S/C20H19F2N5O3/c21-10-5-11(19(23)25-6-10)15-17-18(30-27-15)16(12(22)7-24-17)26-14-9-3-1-8(2-4-9)13(14)20(28)29/h5-9,13-14H,1-4H2,(H2,23,25)(H,24,26)(H,28,29)/t8-,9+,13-,14-/m0/s1. The summed E-state index contributed by atoms with van der Waals surface area (Å²) in [5.74, 6) is -2.56. The minimum absolute atomic E-state index is 0.00508. The third-order valence-corrected chi connectivity index (χ3v) is 6.40. The molecule has 3 aromatic rings. The zero-order valence-electron chi connectivity index (χ0n) is 15.8. The largest absolute Gasteiger partial charge is 0.481 e. The number of halogens is 2. The molecule has 2 atom stereocenters. The number of nitrogens with zero attached hydrogens (tertiary/aromatic N) is 3. The molecule has 3 saturated carbocycles. The fourth-order valence-corrected chi connectivity index (χ4v) is 4.99. The molecule has 2 bridgehead atoms. The highest BCUT2D eigenvalue weighted by molar-refractivity contribution is 5.97. The van der Waals surface area contributed by atoms with Gasteiger partial charge < -0.3 is 20.7 Å². The van der Waals surface area contributed by atoms with Gasteiger partial charge in [0.2, 0.25) is 5.58 Å². The van der Waals surface area contributed by atoms with Crippen molar-refractivity contribution in [3.05, 3.63) is 30.1 Å². The molecule has 0 unspecified atom stereocenters. The van der Waals surface area contributed by atoms with Crippen LogP contribution >= 0.6 is 0 Å². The van der Waals surface area contributed by atoms with Gasteiger partial charge in [0.1, 0.15) is 28.5 Å². The van der Waals surface area contributed by atoms with Crippen LogP contribution in [0.2, 0.25) is 0 Å². The highest BCUT2D eigenvalue weighted by Crippen LogP contribution is 2.47. The van der Waals surface area contributed by atoms with E-state index in [4.69, 9.17) is 10.3 Å². The second kappa shape index (κ2) is 6.89. The molecule has 0 spiro atoms. The van der Waals surface area contributed by atoms with Crippen LogP contribution in [0.25, 0.3) is 22.4 Å². The summed E-state index contributed by atoms with van der Waals surface area (Å²) in [5.41, 5.74) is 6.37. The molecule has 8 nitrogen and oxygen atoms in total. The number of rotatable bonds is 4. The van der Waals surface area contributed by atoms with Crippen LogP contribution in [0.4, 0.5) is 20.3 Å². The minimum atomic E-state index is -0.885. The van der Waals surface area contributed by atoms with Gasteiger partial charge in [-0.2, -0.15) is 0 Å². The van der Waals surface area contributed by atoms with Crippen molar-refractivity contribution in [2.75, 3.05) is 11.1 Å². The van der Waals surface area contributed by atoms with Crippen LogP contribution in [-0.4, -0.2) is 32.2 Å². The summed E-state index contributed by atoms with van der Waals surface area (Å²) >= 11 is 0. The first-order valence-electron chi connectivity index (χ1n) is 9.78. The quantitative estimate of drug-likeness (QED) is 0.591. The summed E-state index contributed by atoms with van der Waals surface area (Å²) in [6, 6.07) is 0.725. The van der Waals surface area contributed by atoms with Crippen molar-refractivity contribution in [3.8, 4) is 11.3 Å². The number of aliphatic carboxylic acids is 1. The van der Waals surface area contributed by atoms with E-state index >= 15 is 0 Å². The van der Waals surface area contributed by atoms with Crippen LogP contribution in [0.3, 0.4) is 0 Å². The normalized spacial score (nSPS) is 25.5. The molecule has 30 heavy (non-hydrogen) atoms. The predicted octanol–water partition coefficient (Wildman–Crippen LogP) is 3.45. The number of anilines is 2. The molecular formula is C20H19F2N5O3. The Morgan fingerprint density at radius 3 is 2.63 bits per heavy atom. The maximum Gasteiger partial charge on any atom is 0.308 e. The average molecular weight is 415 g/mol. The van der Waals surface area contributed by atoms with Gasteiger partial charge in [-0.05, 0) is 43.6 Å². The van der Waals surface area contributed by atoms with E-state index in [1.54, 1.807) is 0 Å². The first-order valence-corrected chi connectivity index (χ1v) is 9.78. The zero-order valence-corrected chi connectivity index (χ0v) is 15.8. The van der Waals surface area contributed by atoms with Crippen LogP contribution in [0, 0.1) is 29.4 Å². The molecule has 0 amide bonds. The summed E-state index contributed by atoms with van der Waals surface area (Å²) < 4.78 is 33.8. The maximum absolute atomic E-state index is 14.7. The van der Waals surface area contributed by atoms with Crippen molar-refractivity contribution in [1.82, 2.24) is 15.1 Å². The zero-order chi connectivity index (χ0) is 21.0. The van der Waals surface area contributed by atoms with E-state index in [0.29, 0.717) is 0 Å². The van der Waals surface area contributed by atoms with Crippen molar-refractivity contribution >= 4 is 28.6 Å². The van der Waals surface area contributed by atoms with Gasteiger partial charge in [-0.3, -0.25) is 4.79 Å². The molecule has 3 aliphatic rings. The number of hydrogen-bond acceptors (Lipinski definition) is 7. The van der Waals surface area contributed by atoms with Crippen molar-refractivity contribution in [2.24, 2.45) is 17.8 Å². The molecule has 3 heterocycles. The monoisotopic (exact) mass is 415 g/mol. The molecule has 0 aliphatic heterocycles. The second-order valence-corrected chi connectivity index (χ2v) is 7.99. The summed E-state index contributed by atoms with van der Waals surface area (Å²) in [7, 11) is 0. The fraction of sp³-hybridized carbons (Fsp3) is 0.400. The second-order valence-electron chi connectivity index (χ2n) is 7.99. The lowest BCUT2D eigenvalue weighted by molar-refractivity contribution is -0.148. The lowest BCUT2D eigenvalue weighted by Crippen LogP contribution is -2.51. The van der Waals surface area contributed by atoms with E-state index in [1.807, 2.05) is 0 Å². The number of aromatic nitrogens is 3.